The molecule has 1 rings (SSSR count). The molecule has 5 nitrogen and oxygen atoms in total. The van der Waals surface area contributed by atoms with Gasteiger partial charge in [-0.3, -0.25) is 4.79 Å². The maximum Gasteiger partial charge on any atom is 0.327 e. The Balaban J connectivity index is 0.000000366. The van der Waals surface area contributed by atoms with Gasteiger partial charge in [0.1, 0.15) is 0 Å². The van der Waals surface area contributed by atoms with Crippen molar-refractivity contribution in [2.24, 2.45) is 5.92 Å². The number of hydrogen-bond acceptors (Lipinski definition) is 4. The van der Waals surface area contributed by atoms with Crippen molar-refractivity contribution < 1.29 is 24.5 Å². The number of hydrogen-bond donors (Lipinski definition) is 2. The van der Waals surface area contributed by atoms with Gasteiger partial charge in [-0.25, -0.2) is 4.79 Å². The predicted octanol–water partition coefficient (Wildman–Crippen LogP) is 1.36. The van der Waals surface area contributed by atoms with Crippen molar-refractivity contribution in [2.75, 3.05) is 13.2 Å². The molecule has 1 fully saturated rings. The number of cyclic esters (lactones) is 1. The summed E-state index contributed by atoms with van der Waals surface area (Å²) in [5.74, 6) is -1.07. The first kappa shape index (κ1) is 15.6. The van der Waals surface area contributed by atoms with E-state index >= 15 is 0 Å². The van der Waals surface area contributed by atoms with Crippen LogP contribution in [-0.4, -0.2) is 35.4 Å². The molecule has 0 aliphatic carbocycles. The molecule has 0 aromatic carbocycles. The number of aliphatic hydroxyl groups is 1. The third kappa shape index (κ3) is 8.45. The van der Waals surface area contributed by atoms with Crippen molar-refractivity contribution in [1.29, 1.82) is 0 Å². The second kappa shape index (κ2) is 9.84. The average Bonchev–Trinajstić information content (AvgIpc) is 2.46. The van der Waals surface area contributed by atoms with E-state index in [9.17, 15) is 9.59 Å². The molecule has 0 bridgehead atoms. The molecule has 98 valence electrons. The van der Waals surface area contributed by atoms with E-state index in [1.54, 1.807) is 6.92 Å². The second-order valence-electron chi connectivity index (χ2n) is 3.71. The molecule has 0 amide bonds. The van der Waals surface area contributed by atoms with E-state index in [2.05, 4.69) is 0 Å². The average molecular weight is 244 g/mol. The Bertz CT molecular complexity index is 260. The highest BCUT2D eigenvalue weighted by Crippen LogP contribution is 2.17. The van der Waals surface area contributed by atoms with E-state index in [0.717, 1.165) is 25.3 Å². The summed E-state index contributed by atoms with van der Waals surface area (Å²) in [6, 6.07) is 0. The Morgan fingerprint density at radius 1 is 1.53 bits per heavy atom. The zero-order valence-corrected chi connectivity index (χ0v) is 10.1. The van der Waals surface area contributed by atoms with Crippen molar-refractivity contribution in [3.63, 3.8) is 0 Å². The fourth-order valence-electron chi connectivity index (χ4n) is 1.46. The van der Waals surface area contributed by atoms with Gasteiger partial charge >= 0.3 is 11.9 Å². The van der Waals surface area contributed by atoms with Crippen molar-refractivity contribution in [1.82, 2.24) is 0 Å². The van der Waals surface area contributed by atoms with E-state index in [1.807, 2.05) is 0 Å². The lowest BCUT2D eigenvalue weighted by atomic mass is 10.0. The van der Waals surface area contributed by atoms with Crippen molar-refractivity contribution in [3.05, 3.63) is 12.2 Å². The minimum absolute atomic E-state index is 0.0532. The van der Waals surface area contributed by atoms with Gasteiger partial charge < -0.3 is 14.9 Å². The van der Waals surface area contributed by atoms with Crippen LogP contribution in [0.1, 0.15) is 32.6 Å². The zero-order chi connectivity index (χ0) is 13.1. The Morgan fingerprint density at radius 2 is 2.24 bits per heavy atom. The molecule has 1 atom stereocenters. The molecule has 0 radical (unpaired) electrons. The molecule has 2 N–H and O–H groups in total. The highest BCUT2D eigenvalue weighted by atomic mass is 16.5. The molecule has 0 aromatic rings. The van der Waals surface area contributed by atoms with Crippen LogP contribution in [0.15, 0.2) is 12.2 Å². The van der Waals surface area contributed by atoms with Gasteiger partial charge in [-0.1, -0.05) is 6.08 Å². The van der Waals surface area contributed by atoms with Crippen LogP contribution >= 0.6 is 0 Å². The standard InChI is InChI=1S/C8H14O3.C4H6O2/c9-5-4-7-3-1-2-6-11-8(7)10;1-2-3-4(5)6/h7,9H,1-6H2;2-3H,1H3,(H,5,6). The minimum Gasteiger partial charge on any atom is -0.478 e. The van der Waals surface area contributed by atoms with Gasteiger partial charge in [0.05, 0.1) is 12.5 Å². The molecule has 5 heteroatoms. The molecule has 0 aromatic heterocycles. The molecular formula is C12H20O5. The van der Waals surface area contributed by atoms with Gasteiger partial charge in [-0.05, 0) is 32.6 Å². The maximum atomic E-state index is 11.1. The number of esters is 1. The minimum atomic E-state index is -0.891. The second-order valence-corrected chi connectivity index (χ2v) is 3.71. The van der Waals surface area contributed by atoms with Gasteiger partial charge in [0.2, 0.25) is 0 Å². The number of aliphatic carboxylic acids is 1. The third-order valence-electron chi connectivity index (χ3n) is 2.31. The SMILES string of the molecule is CC=CC(=O)O.O=C1OCCCCC1CCO. The van der Waals surface area contributed by atoms with Gasteiger partial charge in [0.15, 0.2) is 0 Å². The van der Waals surface area contributed by atoms with Crippen LogP contribution in [0.25, 0.3) is 0 Å². The summed E-state index contributed by atoms with van der Waals surface area (Å²) in [7, 11) is 0. The molecule has 0 spiro atoms. The molecule has 1 aliphatic rings. The summed E-state index contributed by atoms with van der Waals surface area (Å²) >= 11 is 0. The third-order valence-corrected chi connectivity index (χ3v) is 2.31. The molecule has 1 aliphatic heterocycles. The summed E-state index contributed by atoms with van der Waals surface area (Å²) in [4.78, 5) is 20.6. The summed E-state index contributed by atoms with van der Waals surface area (Å²) in [6.07, 6.45) is 5.99. The number of carbonyl (C=O) groups excluding carboxylic acids is 1. The molecular weight excluding hydrogens is 224 g/mol. The molecule has 1 unspecified atom stereocenters. The predicted molar refractivity (Wildman–Crippen MR) is 62.5 cm³/mol. The van der Waals surface area contributed by atoms with Gasteiger partial charge in [0, 0.05) is 12.7 Å². The normalized spacial score (nSPS) is 20.1. The van der Waals surface area contributed by atoms with Crippen molar-refractivity contribution in [3.8, 4) is 0 Å². The van der Waals surface area contributed by atoms with E-state index in [-0.39, 0.29) is 18.5 Å². The number of aliphatic hydroxyl groups excluding tert-OH is 1. The lowest BCUT2D eigenvalue weighted by Gasteiger charge is -2.08. The summed E-state index contributed by atoms with van der Waals surface area (Å²) in [5.41, 5.74) is 0. The van der Waals surface area contributed by atoms with Crippen LogP contribution in [0.5, 0.6) is 0 Å². The van der Waals surface area contributed by atoms with Gasteiger partial charge in [0.25, 0.3) is 0 Å². The Morgan fingerprint density at radius 3 is 2.71 bits per heavy atom. The molecule has 1 saturated heterocycles. The fourth-order valence-corrected chi connectivity index (χ4v) is 1.46. The quantitative estimate of drug-likeness (QED) is 0.578. The van der Waals surface area contributed by atoms with Crippen LogP contribution < -0.4 is 0 Å². The number of rotatable bonds is 3. The first-order valence-electron chi connectivity index (χ1n) is 5.75. The van der Waals surface area contributed by atoms with E-state index in [0.29, 0.717) is 13.0 Å². The van der Waals surface area contributed by atoms with E-state index in [1.165, 1.54) is 6.08 Å². The van der Waals surface area contributed by atoms with Gasteiger partial charge in [-0.2, -0.15) is 0 Å². The molecule has 17 heavy (non-hydrogen) atoms. The maximum absolute atomic E-state index is 11.1. The number of carbonyl (C=O) groups is 2. The lowest BCUT2D eigenvalue weighted by molar-refractivity contribution is -0.147. The van der Waals surface area contributed by atoms with E-state index in [4.69, 9.17) is 14.9 Å². The Hall–Kier alpha value is -1.36. The monoisotopic (exact) mass is 244 g/mol. The topological polar surface area (TPSA) is 83.8 Å². The van der Waals surface area contributed by atoms with E-state index < -0.39 is 5.97 Å². The van der Waals surface area contributed by atoms with Crippen LogP contribution in [0.3, 0.4) is 0 Å². The van der Waals surface area contributed by atoms with Crippen molar-refractivity contribution in [2.45, 2.75) is 32.6 Å². The lowest BCUT2D eigenvalue weighted by Crippen LogP contribution is -2.16. The number of ether oxygens (including phenoxy) is 1. The van der Waals surface area contributed by atoms with Crippen LogP contribution in [0.4, 0.5) is 0 Å². The van der Waals surface area contributed by atoms with Crippen LogP contribution in [0.2, 0.25) is 0 Å². The van der Waals surface area contributed by atoms with Crippen LogP contribution in [-0.2, 0) is 14.3 Å². The number of allylic oxidation sites excluding steroid dienone is 1. The first-order valence-corrected chi connectivity index (χ1v) is 5.75. The van der Waals surface area contributed by atoms with Crippen molar-refractivity contribution >= 4 is 11.9 Å². The number of carboxylic acid groups (broad SMARTS) is 1. The number of carboxylic acids is 1. The fraction of sp³-hybridized carbons (Fsp3) is 0.667. The molecule has 1 heterocycles. The summed E-state index contributed by atoms with van der Waals surface area (Å²) in [6.45, 7) is 2.30. The summed E-state index contributed by atoms with van der Waals surface area (Å²) < 4.78 is 4.92. The zero-order valence-electron chi connectivity index (χ0n) is 10.1. The Kier molecular flexibility index (Phi) is 9.05. The first-order chi connectivity index (χ1) is 8.11. The summed E-state index contributed by atoms with van der Waals surface area (Å²) in [5, 5.41) is 16.4. The Labute approximate surface area is 101 Å². The highest BCUT2D eigenvalue weighted by molar-refractivity contribution is 5.79. The highest BCUT2D eigenvalue weighted by Gasteiger charge is 2.21. The smallest absolute Gasteiger partial charge is 0.327 e. The largest absolute Gasteiger partial charge is 0.478 e. The molecule has 0 saturated carbocycles. The van der Waals surface area contributed by atoms with Gasteiger partial charge in [-0.15, -0.1) is 0 Å². The van der Waals surface area contributed by atoms with Crippen LogP contribution in [0, 0.1) is 5.92 Å².